The Kier molecular flexibility index (Phi) is 4.58. The first-order chi connectivity index (χ1) is 10.7. The molecule has 0 saturated carbocycles. The monoisotopic (exact) mass is 336 g/mol. The number of hydrogen-bond donors (Lipinski definition) is 1. The van der Waals surface area contributed by atoms with Crippen molar-refractivity contribution in [3.63, 3.8) is 0 Å². The van der Waals surface area contributed by atoms with Crippen molar-refractivity contribution in [3.05, 3.63) is 17.8 Å². The summed E-state index contributed by atoms with van der Waals surface area (Å²) >= 11 is 2.93. The zero-order valence-electron chi connectivity index (χ0n) is 11.9. The number of carbonyl (C=O) groups is 2. The molecule has 2 amide bonds. The molecule has 3 rings (SSSR count). The van der Waals surface area contributed by atoms with E-state index in [0.717, 1.165) is 28.1 Å². The predicted octanol–water partition coefficient (Wildman–Crippen LogP) is 1.65. The quantitative estimate of drug-likeness (QED) is 0.677. The van der Waals surface area contributed by atoms with Gasteiger partial charge in [0, 0.05) is 11.9 Å². The number of nitrogens with zero attached hydrogens (tertiary/aromatic N) is 3. The number of fused-ring (bicyclic) bond motifs is 1. The van der Waals surface area contributed by atoms with Crippen LogP contribution in [0.2, 0.25) is 0 Å². The molecule has 0 unspecified atom stereocenters. The number of carbonyl (C=O) groups excluding carboxylic acids is 2. The van der Waals surface area contributed by atoms with E-state index in [-0.39, 0.29) is 11.7 Å². The van der Waals surface area contributed by atoms with Crippen LogP contribution in [0.25, 0.3) is 10.2 Å². The van der Waals surface area contributed by atoms with Crippen LogP contribution in [-0.2, 0) is 9.59 Å². The zero-order chi connectivity index (χ0) is 15.5. The fourth-order valence-electron chi connectivity index (χ4n) is 2.62. The molecule has 6 nitrogen and oxygen atoms in total. The maximum Gasteiger partial charge on any atom is 0.240 e. The number of piperidine rings is 1. The highest BCUT2D eigenvalue weighted by molar-refractivity contribution is 8.00. The van der Waals surface area contributed by atoms with Crippen LogP contribution in [-0.4, -0.2) is 45.0 Å². The van der Waals surface area contributed by atoms with Gasteiger partial charge in [-0.25, -0.2) is 9.97 Å². The van der Waals surface area contributed by atoms with Gasteiger partial charge in [-0.05, 0) is 30.7 Å². The summed E-state index contributed by atoms with van der Waals surface area (Å²) in [6.07, 6.45) is 4.03. The van der Waals surface area contributed by atoms with E-state index in [1.54, 1.807) is 16.2 Å². The number of likely N-dealkylation sites (tertiary alicyclic amines) is 1. The number of aromatic nitrogens is 2. The molecule has 1 aliphatic heterocycles. The average Bonchev–Trinajstić information content (AvgIpc) is 3.01. The lowest BCUT2D eigenvalue weighted by Crippen LogP contribution is -2.51. The van der Waals surface area contributed by atoms with Gasteiger partial charge in [0.15, 0.2) is 0 Å². The zero-order valence-corrected chi connectivity index (χ0v) is 13.5. The lowest BCUT2D eigenvalue weighted by Gasteiger charge is -2.33. The Bertz CT molecular complexity index is 703. The molecule has 22 heavy (non-hydrogen) atoms. The first-order valence-electron chi connectivity index (χ1n) is 7.06. The number of nitrogens with two attached hydrogens (primary N) is 1. The summed E-state index contributed by atoms with van der Waals surface area (Å²) in [6.45, 7) is 0.602. The molecule has 2 aromatic heterocycles. The molecule has 1 aliphatic rings. The van der Waals surface area contributed by atoms with Crippen LogP contribution in [0.4, 0.5) is 0 Å². The molecule has 0 bridgehead atoms. The third-order valence-corrected chi connectivity index (χ3v) is 5.52. The van der Waals surface area contributed by atoms with Gasteiger partial charge in [-0.2, -0.15) is 0 Å². The molecule has 3 heterocycles. The Hall–Kier alpha value is -1.67. The topological polar surface area (TPSA) is 89.2 Å². The van der Waals surface area contributed by atoms with Gasteiger partial charge in [-0.15, -0.1) is 11.3 Å². The molecule has 0 aliphatic carbocycles. The van der Waals surface area contributed by atoms with Crippen molar-refractivity contribution in [2.75, 3.05) is 12.3 Å². The van der Waals surface area contributed by atoms with Crippen molar-refractivity contribution < 1.29 is 9.59 Å². The van der Waals surface area contributed by atoms with Crippen molar-refractivity contribution >= 4 is 45.1 Å². The molecule has 8 heteroatoms. The fraction of sp³-hybridized carbons (Fsp3) is 0.429. The van der Waals surface area contributed by atoms with Gasteiger partial charge in [-0.1, -0.05) is 11.8 Å². The van der Waals surface area contributed by atoms with E-state index < -0.39 is 11.9 Å². The summed E-state index contributed by atoms with van der Waals surface area (Å²) in [5, 5.41) is 3.72. The largest absolute Gasteiger partial charge is 0.368 e. The van der Waals surface area contributed by atoms with Gasteiger partial charge in [0.25, 0.3) is 0 Å². The fourth-order valence-corrected chi connectivity index (χ4v) is 4.29. The number of hydrogen-bond acceptors (Lipinski definition) is 6. The van der Waals surface area contributed by atoms with E-state index in [9.17, 15) is 9.59 Å². The summed E-state index contributed by atoms with van der Waals surface area (Å²) in [5.74, 6) is -0.220. The minimum Gasteiger partial charge on any atom is -0.368 e. The predicted molar refractivity (Wildman–Crippen MR) is 86.7 cm³/mol. The van der Waals surface area contributed by atoms with Gasteiger partial charge in [0.1, 0.15) is 22.2 Å². The minimum atomic E-state index is -0.464. The van der Waals surface area contributed by atoms with Crippen molar-refractivity contribution in [1.29, 1.82) is 0 Å². The third kappa shape index (κ3) is 3.07. The number of rotatable bonds is 4. The van der Waals surface area contributed by atoms with Gasteiger partial charge in [0.2, 0.25) is 11.8 Å². The summed E-state index contributed by atoms with van der Waals surface area (Å²) in [6, 6.07) is 1.49. The molecule has 0 aromatic carbocycles. The van der Waals surface area contributed by atoms with Crippen LogP contribution in [0.15, 0.2) is 22.8 Å². The summed E-state index contributed by atoms with van der Waals surface area (Å²) in [5.41, 5.74) is 5.40. The minimum absolute atomic E-state index is 0.0597. The SMILES string of the molecule is NC(=O)[C@H]1CCCCN1C(=O)CSc1ncnc2sccc12. The van der Waals surface area contributed by atoms with Crippen LogP contribution < -0.4 is 5.73 Å². The highest BCUT2D eigenvalue weighted by atomic mass is 32.2. The second-order valence-corrected chi connectivity index (χ2v) is 6.97. The second-order valence-electron chi connectivity index (χ2n) is 5.11. The highest BCUT2D eigenvalue weighted by Gasteiger charge is 2.30. The van der Waals surface area contributed by atoms with Crippen LogP contribution in [0.5, 0.6) is 0 Å². The average molecular weight is 336 g/mol. The van der Waals surface area contributed by atoms with Crippen molar-refractivity contribution in [1.82, 2.24) is 14.9 Å². The van der Waals surface area contributed by atoms with E-state index in [4.69, 9.17) is 5.73 Å². The third-order valence-electron chi connectivity index (χ3n) is 3.71. The van der Waals surface area contributed by atoms with Crippen LogP contribution in [0.1, 0.15) is 19.3 Å². The maximum absolute atomic E-state index is 12.4. The molecule has 0 radical (unpaired) electrons. The Balaban J connectivity index is 1.69. The van der Waals surface area contributed by atoms with Gasteiger partial charge >= 0.3 is 0 Å². The van der Waals surface area contributed by atoms with E-state index in [1.165, 1.54) is 18.1 Å². The van der Waals surface area contributed by atoms with Gasteiger partial charge in [-0.3, -0.25) is 9.59 Å². The van der Waals surface area contributed by atoms with E-state index >= 15 is 0 Å². The molecule has 2 aromatic rings. The van der Waals surface area contributed by atoms with E-state index in [1.807, 2.05) is 11.4 Å². The van der Waals surface area contributed by atoms with Crippen molar-refractivity contribution in [2.45, 2.75) is 30.3 Å². The molecule has 1 atom stereocenters. The molecule has 1 saturated heterocycles. The van der Waals surface area contributed by atoms with Crippen LogP contribution in [0, 0.1) is 0 Å². The second kappa shape index (κ2) is 6.62. The van der Waals surface area contributed by atoms with Crippen molar-refractivity contribution in [2.24, 2.45) is 5.73 Å². The summed E-state index contributed by atoms with van der Waals surface area (Å²) in [4.78, 5) is 34.9. The first kappa shape index (κ1) is 15.2. The molecule has 116 valence electrons. The number of primary amides is 1. The molecule has 2 N–H and O–H groups in total. The summed E-state index contributed by atoms with van der Waals surface area (Å²) in [7, 11) is 0. The number of thioether (sulfide) groups is 1. The molecular formula is C14H16N4O2S2. The number of thiophene rings is 1. The smallest absolute Gasteiger partial charge is 0.240 e. The Morgan fingerprint density at radius 2 is 2.27 bits per heavy atom. The van der Waals surface area contributed by atoms with Crippen LogP contribution >= 0.6 is 23.1 Å². The van der Waals surface area contributed by atoms with Crippen molar-refractivity contribution in [3.8, 4) is 0 Å². The highest BCUT2D eigenvalue weighted by Crippen LogP contribution is 2.28. The van der Waals surface area contributed by atoms with Crippen LogP contribution in [0.3, 0.4) is 0 Å². The lowest BCUT2D eigenvalue weighted by molar-refractivity contribution is -0.138. The van der Waals surface area contributed by atoms with E-state index in [2.05, 4.69) is 9.97 Å². The molecule has 1 fully saturated rings. The Morgan fingerprint density at radius 1 is 1.41 bits per heavy atom. The Morgan fingerprint density at radius 3 is 3.09 bits per heavy atom. The van der Waals surface area contributed by atoms with Gasteiger partial charge in [0.05, 0.1) is 5.75 Å². The molecule has 0 spiro atoms. The number of amides is 2. The summed E-state index contributed by atoms with van der Waals surface area (Å²) < 4.78 is 0. The maximum atomic E-state index is 12.4. The van der Waals surface area contributed by atoms with E-state index in [0.29, 0.717) is 13.0 Å². The standard InChI is InChI=1S/C14H16N4O2S2/c15-12(20)10-3-1-2-5-18(10)11(19)7-22-14-9-4-6-21-13(9)16-8-17-14/h4,6,8,10H,1-3,5,7H2,(H2,15,20)/t10-/m1/s1. The first-order valence-corrected chi connectivity index (χ1v) is 8.93. The lowest BCUT2D eigenvalue weighted by atomic mass is 10.0. The normalized spacial score (nSPS) is 18.5. The Labute approximate surface area is 136 Å². The van der Waals surface area contributed by atoms with Gasteiger partial charge < -0.3 is 10.6 Å². The molecular weight excluding hydrogens is 320 g/mol.